The van der Waals surface area contributed by atoms with Crippen LogP contribution in [0, 0.1) is 6.92 Å². The van der Waals surface area contributed by atoms with Crippen LogP contribution in [0.5, 0.6) is 0 Å². The fourth-order valence-corrected chi connectivity index (χ4v) is 5.08. The number of halogens is 1. The van der Waals surface area contributed by atoms with Crippen LogP contribution in [0.15, 0.2) is 53.4 Å². The lowest BCUT2D eigenvalue weighted by molar-refractivity contribution is 0.588. The summed E-state index contributed by atoms with van der Waals surface area (Å²) in [7, 11) is -1.89. The number of likely N-dealkylation sites (N-methyl/N-ethyl adjacent to an activating group) is 1. The Hall–Kier alpha value is -2.42. The predicted octanol–water partition coefficient (Wildman–Crippen LogP) is 4.12. The summed E-state index contributed by atoms with van der Waals surface area (Å²) < 4.78 is 30.7. The van der Waals surface area contributed by atoms with Crippen LogP contribution in [0.25, 0.3) is 11.4 Å². The van der Waals surface area contributed by atoms with E-state index in [4.69, 9.17) is 11.6 Å². The van der Waals surface area contributed by atoms with Crippen molar-refractivity contribution in [2.45, 2.75) is 38.1 Å². The Morgan fingerprint density at radius 2 is 1.87 bits per heavy atom. The van der Waals surface area contributed by atoms with E-state index >= 15 is 0 Å². The van der Waals surface area contributed by atoms with Gasteiger partial charge in [0.05, 0.1) is 10.6 Å². The zero-order valence-electron chi connectivity index (χ0n) is 18.0. The van der Waals surface area contributed by atoms with Crippen molar-refractivity contribution in [3.63, 3.8) is 0 Å². The van der Waals surface area contributed by atoms with Gasteiger partial charge in [0.15, 0.2) is 5.82 Å². The zero-order valence-corrected chi connectivity index (χ0v) is 19.6. The summed E-state index contributed by atoms with van der Waals surface area (Å²) in [5.74, 6) is 1.34. The highest BCUT2D eigenvalue weighted by atomic mass is 35.5. The Balaban J connectivity index is 2.19. The Bertz CT molecular complexity index is 1120. The number of aromatic nitrogens is 3. The molecule has 1 aromatic heterocycles. The molecule has 1 N–H and O–H groups in total. The number of sulfonamides is 1. The van der Waals surface area contributed by atoms with Gasteiger partial charge in [-0.05, 0) is 50.7 Å². The van der Waals surface area contributed by atoms with Crippen LogP contribution in [0.2, 0.25) is 5.02 Å². The number of hydrogen-bond acceptors (Lipinski definition) is 5. The van der Waals surface area contributed by atoms with Crippen molar-refractivity contribution in [2.75, 3.05) is 24.4 Å². The minimum Gasteiger partial charge on any atom is -0.318 e. The molecule has 7 nitrogen and oxygen atoms in total. The Labute approximate surface area is 189 Å². The first-order valence-electron chi connectivity index (χ1n) is 10.3. The number of anilines is 1. The first-order chi connectivity index (χ1) is 14.9. The van der Waals surface area contributed by atoms with Crippen LogP contribution in [0.1, 0.15) is 25.6 Å². The van der Waals surface area contributed by atoms with Crippen molar-refractivity contribution in [2.24, 2.45) is 0 Å². The molecule has 0 bridgehead atoms. The molecule has 166 valence electrons. The van der Waals surface area contributed by atoms with Crippen LogP contribution in [0.4, 0.5) is 5.69 Å². The molecule has 31 heavy (non-hydrogen) atoms. The summed E-state index contributed by atoms with van der Waals surface area (Å²) in [6, 6.07) is 13.7. The van der Waals surface area contributed by atoms with Gasteiger partial charge >= 0.3 is 0 Å². The number of unbranched alkanes of at least 4 members (excludes halogenated alkanes) is 1. The summed E-state index contributed by atoms with van der Waals surface area (Å²) in [5.41, 5.74) is 1.18. The van der Waals surface area contributed by atoms with E-state index in [2.05, 4.69) is 15.5 Å². The van der Waals surface area contributed by atoms with E-state index in [1.165, 1.54) is 4.31 Å². The molecule has 0 saturated heterocycles. The molecular formula is C22H28ClN5O2S. The molecule has 0 aliphatic heterocycles. The number of aryl methyl sites for hydroxylation is 1. The van der Waals surface area contributed by atoms with Gasteiger partial charge in [-0.1, -0.05) is 43.1 Å². The molecule has 0 aliphatic rings. The number of nitrogens with one attached hydrogen (secondary N) is 1. The molecule has 0 atom stereocenters. The maximum atomic E-state index is 13.6. The smallest absolute Gasteiger partial charge is 0.264 e. The molecule has 0 spiro atoms. The number of hydrogen-bond donors (Lipinski definition) is 1. The molecule has 0 radical (unpaired) electrons. The topological polar surface area (TPSA) is 80.1 Å². The Morgan fingerprint density at radius 3 is 2.55 bits per heavy atom. The lowest BCUT2D eigenvalue weighted by Crippen LogP contribution is -2.32. The van der Waals surface area contributed by atoms with Crippen LogP contribution in [-0.2, 0) is 16.6 Å². The quantitative estimate of drug-likeness (QED) is 0.491. The van der Waals surface area contributed by atoms with Crippen molar-refractivity contribution in [3.8, 4) is 11.4 Å². The lowest BCUT2D eigenvalue weighted by Gasteiger charge is -2.27. The highest BCUT2D eigenvalue weighted by Crippen LogP contribution is 2.36. The minimum absolute atomic E-state index is 0.250. The van der Waals surface area contributed by atoms with Gasteiger partial charge in [0, 0.05) is 30.2 Å². The molecule has 0 aliphatic carbocycles. The van der Waals surface area contributed by atoms with E-state index in [1.54, 1.807) is 48.5 Å². The fourth-order valence-electron chi connectivity index (χ4n) is 3.37. The molecular weight excluding hydrogens is 434 g/mol. The second-order valence-corrected chi connectivity index (χ2v) is 9.53. The molecule has 0 amide bonds. The van der Waals surface area contributed by atoms with Crippen LogP contribution < -0.4 is 9.62 Å². The average Bonchev–Trinajstić information content (AvgIpc) is 3.14. The van der Waals surface area contributed by atoms with Crippen molar-refractivity contribution in [1.29, 1.82) is 0 Å². The maximum absolute atomic E-state index is 13.6. The van der Waals surface area contributed by atoms with E-state index in [1.807, 2.05) is 25.5 Å². The van der Waals surface area contributed by atoms with Crippen LogP contribution in [0.3, 0.4) is 0 Å². The molecule has 0 unspecified atom stereocenters. The summed E-state index contributed by atoms with van der Waals surface area (Å²) in [6.07, 6.45) is 1.58. The van der Waals surface area contributed by atoms with E-state index < -0.39 is 10.0 Å². The SMILES string of the molecule is CCCCN(c1ccc(Cl)cc1-c1nnc(C)n1CCNC)S(=O)(=O)c1ccccc1. The third-order valence-corrected chi connectivity index (χ3v) is 7.10. The van der Waals surface area contributed by atoms with Gasteiger partial charge in [-0.3, -0.25) is 4.31 Å². The Morgan fingerprint density at radius 1 is 1.13 bits per heavy atom. The van der Waals surface area contributed by atoms with E-state index in [0.29, 0.717) is 35.2 Å². The highest BCUT2D eigenvalue weighted by Gasteiger charge is 2.28. The first-order valence-corrected chi connectivity index (χ1v) is 12.1. The summed E-state index contributed by atoms with van der Waals surface area (Å²) in [4.78, 5) is 0.250. The lowest BCUT2D eigenvalue weighted by atomic mass is 10.1. The zero-order chi connectivity index (χ0) is 22.4. The highest BCUT2D eigenvalue weighted by molar-refractivity contribution is 7.92. The van der Waals surface area contributed by atoms with Crippen LogP contribution >= 0.6 is 11.6 Å². The minimum atomic E-state index is -3.77. The third-order valence-electron chi connectivity index (χ3n) is 5.04. The first kappa shape index (κ1) is 23.2. The summed E-state index contributed by atoms with van der Waals surface area (Å²) in [5, 5.41) is 12.2. The van der Waals surface area contributed by atoms with Gasteiger partial charge < -0.3 is 9.88 Å². The fraction of sp³-hybridized carbons (Fsp3) is 0.364. The van der Waals surface area contributed by atoms with Gasteiger partial charge in [0.1, 0.15) is 5.82 Å². The molecule has 3 aromatic rings. The van der Waals surface area contributed by atoms with Gasteiger partial charge in [-0.2, -0.15) is 0 Å². The van der Waals surface area contributed by atoms with Gasteiger partial charge in [-0.25, -0.2) is 8.42 Å². The molecule has 3 rings (SSSR count). The van der Waals surface area contributed by atoms with Crippen LogP contribution in [-0.4, -0.2) is 43.3 Å². The van der Waals surface area contributed by atoms with Crippen molar-refractivity contribution >= 4 is 27.3 Å². The predicted molar refractivity (Wildman–Crippen MR) is 125 cm³/mol. The number of benzene rings is 2. The number of rotatable bonds is 10. The molecule has 9 heteroatoms. The monoisotopic (exact) mass is 461 g/mol. The third kappa shape index (κ3) is 5.08. The average molecular weight is 462 g/mol. The molecule has 1 heterocycles. The van der Waals surface area contributed by atoms with Crippen molar-refractivity contribution in [1.82, 2.24) is 20.1 Å². The van der Waals surface area contributed by atoms with Crippen molar-refractivity contribution < 1.29 is 8.42 Å². The van der Waals surface area contributed by atoms with Gasteiger partial charge in [0.25, 0.3) is 10.0 Å². The maximum Gasteiger partial charge on any atom is 0.264 e. The summed E-state index contributed by atoms with van der Waals surface area (Å²) in [6.45, 7) is 5.65. The summed E-state index contributed by atoms with van der Waals surface area (Å²) >= 11 is 6.33. The second-order valence-electron chi connectivity index (χ2n) is 7.23. The van der Waals surface area contributed by atoms with Gasteiger partial charge in [0.2, 0.25) is 0 Å². The van der Waals surface area contributed by atoms with E-state index in [-0.39, 0.29) is 4.90 Å². The second kappa shape index (κ2) is 10.3. The van der Waals surface area contributed by atoms with Crippen molar-refractivity contribution in [3.05, 3.63) is 59.4 Å². The normalized spacial score (nSPS) is 11.6. The number of nitrogens with zero attached hydrogens (tertiary/aromatic N) is 4. The molecule has 0 fully saturated rings. The van der Waals surface area contributed by atoms with E-state index in [9.17, 15) is 8.42 Å². The van der Waals surface area contributed by atoms with Gasteiger partial charge in [-0.15, -0.1) is 10.2 Å². The largest absolute Gasteiger partial charge is 0.318 e. The standard InChI is InChI=1S/C22H28ClN5O2S/c1-4-5-14-28(31(29,30)19-9-7-6-8-10-19)21-12-11-18(23)16-20(21)22-26-25-17(2)27(22)15-13-24-3/h6-12,16,24H,4-5,13-15H2,1-3H3. The Kier molecular flexibility index (Phi) is 7.69. The van der Waals surface area contributed by atoms with E-state index in [0.717, 1.165) is 25.2 Å². The molecule has 0 saturated carbocycles. The molecule has 2 aromatic carbocycles.